The summed E-state index contributed by atoms with van der Waals surface area (Å²) in [4.78, 5) is 0. The molecule has 0 aliphatic heterocycles. The monoisotopic (exact) mass is 184 g/mol. The van der Waals surface area contributed by atoms with Gasteiger partial charge in [-0.2, -0.15) is 0 Å². The van der Waals surface area contributed by atoms with Gasteiger partial charge in [0.05, 0.1) is 0 Å². The minimum Gasteiger partial charge on any atom is -0.399 e. The Morgan fingerprint density at radius 2 is 2.25 bits per heavy atom. The van der Waals surface area contributed by atoms with Gasteiger partial charge in [0, 0.05) is 27.3 Å². The van der Waals surface area contributed by atoms with Crippen LogP contribution in [0.15, 0.2) is 24.3 Å². The Kier molecular flexibility index (Phi) is 2.28. The number of anilines is 2. The predicted octanol–water partition coefficient (Wildman–Crippen LogP) is 0.942. The number of hydrogen-bond acceptors (Lipinski definition) is 2. The van der Waals surface area contributed by atoms with Crippen LogP contribution in [0.4, 0.5) is 11.4 Å². The van der Waals surface area contributed by atoms with Crippen molar-refractivity contribution in [2.45, 2.75) is 0 Å². The number of nitrogens with one attached hydrogen (secondary N) is 1. The van der Waals surface area contributed by atoms with E-state index in [0.717, 1.165) is 5.69 Å². The molecule has 0 saturated carbocycles. The fourth-order valence-electron chi connectivity index (χ4n) is 0.851. The molecule has 0 aromatic heterocycles. The summed E-state index contributed by atoms with van der Waals surface area (Å²) in [5, 5.41) is 0. The first-order chi connectivity index (χ1) is 5.47. The van der Waals surface area contributed by atoms with E-state index in [1.54, 1.807) is 24.3 Å². The van der Waals surface area contributed by atoms with Crippen molar-refractivity contribution >= 4 is 27.0 Å². The van der Waals surface area contributed by atoms with Gasteiger partial charge >= 0.3 is 0 Å². The van der Waals surface area contributed by atoms with Crippen molar-refractivity contribution in [3.05, 3.63) is 24.3 Å². The molecule has 1 rings (SSSR count). The molecule has 0 fully saturated rings. The molecule has 0 spiro atoms. The third kappa shape index (κ3) is 2.84. The molecule has 4 heteroatoms. The van der Waals surface area contributed by atoms with Crippen molar-refractivity contribution in [2.75, 3.05) is 16.7 Å². The topological polar surface area (TPSA) is 55.1 Å². The third-order valence-electron chi connectivity index (χ3n) is 1.22. The maximum atomic E-state index is 11.2. The van der Waals surface area contributed by atoms with Crippen LogP contribution in [-0.2, 0) is 9.71 Å². The Bertz CT molecular complexity index is 370. The van der Waals surface area contributed by atoms with Gasteiger partial charge in [-0.1, -0.05) is 6.07 Å². The minimum atomic E-state index is -2.20. The van der Waals surface area contributed by atoms with Crippen LogP contribution in [0.25, 0.3) is 0 Å². The van der Waals surface area contributed by atoms with Gasteiger partial charge in [-0.25, -0.2) is 4.21 Å². The predicted molar refractivity (Wildman–Crippen MR) is 55.7 cm³/mol. The van der Waals surface area contributed by atoms with Crippen LogP contribution in [0.5, 0.6) is 0 Å². The van der Waals surface area contributed by atoms with E-state index in [9.17, 15) is 4.21 Å². The summed E-state index contributed by atoms with van der Waals surface area (Å²) in [5.74, 6) is 3.47. The summed E-state index contributed by atoms with van der Waals surface area (Å²) in [6.45, 7) is 0. The summed E-state index contributed by atoms with van der Waals surface area (Å²) in [5.41, 5.74) is 6.90. The van der Waals surface area contributed by atoms with Gasteiger partial charge in [-0.05, 0) is 24.1 Å². The number of hydrogen-bond donors (Lipinski definition) is 2. The van der Waals surface area contributed by atoms with E-state index in [1.165, 1.54) is 6.26 Å². The molecule has 66 valence electrons. The molecule has 1 unspecified atom stereocenters. The molecule has 1 atom stereocenters. The first-order valence-electron chi connectivity index (χ1n) is 3.43. The summed E-state index contributed by atoms with van der Waals surface area (Å²) < 4.78 is 14.0. The van der Waals surface area contributed by atoms with E-state index < -0.39 is 9.71 Å². The van der Waals surface area contributed by atoms with Gasteiger partial charge in [0.25, 0.3) is 0 Å². The first-order valence-corrected chi connectivity index (χ1v) is 5.56. The lowest BCUT2D eigenvalue weighted by Crippen LogP contribution is -2.09. The molecule has 0 aliphatic carbocycles. The largest absolute Gasteiger partial charge is 0.399 e. The van der Waals surface area contributed by atoms with Crippen LogP contribution in [0.3, 0.4) is 0 Å². The fourth-order valence-corrected chi connectivity index (χ4v) is 1.48. The molecule has 0 aliphatic rings. The van der Waals surface area contributed by atoms with Crippen molar-refractivity contribution in [3.8, 4) is 0 Å². The normalized spacial score (nSPS) is 15.1. The van der Waals surface area contributed by atoms with Gasteiger partial charge < -0.3 is 10.5 Å². The Morgan fingerprint density at radius 1 is 1.58 bits per heavy atom. The van der Waals surface area contributed by atoms with Gasteiger partial charge in [-0.15, -0.1) is 0 Å². The van der Waals surface area contributed by atoms with Gasteiger partial charge in [-0.3, -0.25) is 0 Å². The Morgan fingerprint density at radius 3 is 2.75 bits per heavy atom. The zero-order valence-electron chi connectivity index (χ0n) is 6.91. The molecule has 1 aromatic carbocycles. The molecular weight excluding hydrogens is 172 g/mol. The molecule has 0 radical (unpaired) electrons. The van der Waals surface area contributed by atoms with Crippen LogP contribution < -0.4 is 10.5 Å². The van der Waals surface area contributed by atoms with E-state index in [1.807, 2.05) is 0 Å². The number of benzene rings is 1. The zero-order valence-corrected chi connectivity index (χ0v) is 7.73. The lowest BCUT2D eigenvalue weighted by atomic mass is 10.3. The average Bonchev–Trinajstić information content (AvgIpc) is 1.82. The second-order valence-electron chi connectivity index (χ2n) is 2.73. The number of rotatable bonds is 2. The van der Waals surface area contributed by atoms with Gasteiger partial charge in [0.1, 0.15) is 0 Å². The van der Waals surface area contributed by atoms with E-state index in [2.05, 4.69) is 10.6 Å². The maximum Gasteiger partial charge on any atom is 0.0477 e. The zero-order chi connectivity index (χ0) is 9.19. The molecule has 0 saturated heterocycles. The summed E-state index contributed by atoms with van der Waals surface area (Å²) in [7, 11) is -2.20. The van der Waals surface area contributed by atoms with Crippen LogP contribution in [0.2, 0.25) is 0 Å². The summed E-state index contributed by atoms with van der Waals surface area (Å²) in [6, 6.07) is 7.08. The van der Waals surface area contributed by atoms with E-state index in [4.69, 9.17) is 5.73 Å². The van der Waals surface area contributed by atoms with E-state index >= 15 is 0 Å². The SMILES string of the molecule is C=S(C)(=O)Nc1cccc(N)c1. The van der Waals surface area contributed by atoms with E-state index in [0.29, 0.717) is 5.69 Å². The molecule has 3 N–H and O–H groups in total. The second-order valence-corrected chi connectivity index (χ2v) is 4.95. The van der Waals surface area contributed by atoms with Crippen molar-refractivity contribution in [1.29, 1.82) is 0 Å². The van der Waals surface area contributed by atoms with Crippen LogP contribution >= 0.6 is 0 Å². The van der Waals surface area contributed by atoms with Crippen molar-refractivity contribution in [3.63, 3.8) is 0 Å². The summed E-state index contributed by atoms with van der Waals surface area (Å²) >= 11 is 0. The quantitative estimate of drug-likeness (QED) is 0.531. The lowest BCUT2D eigenvalue weighted by molar-refractivity contribution is 0.688. The highest BCUT2D eigenvalue weighted by Crippen LogP contribution is 2.12. The van der Waals surface area contributed by atoms with Crippen LogP contribution in [-0.4, -0.2) is 16.3 Å². The van der Waals surface area contributed by atoms with Crippen LogP contribution in [0.1, 0.15) is 0 Å². The Labute approximate surface area is 72.7 Å². The molecule has 0 heterocycles. The molecule has 1 aromatic rings. The molecular formula is C8H12N2OS. The highest BCUT2D eigenvalue weighted by molar-refractivity contribution is 8.00. The van der Waals surface area contributed by atoms with Gasteiger partial charge in [0.15, 0.2) is 0 Å². The Balaban J connectivity index is 2.91. The minimum absolute atomic E-state index is 0.642. The van der Waals surface area contributed by atoms with Crippen molar-refractivity contribution < 1.29 is 4.21 Å². The number of nitrogens with two attached hydrogens (primary N) is 1. The number of nitrogen functional groups attached to an aromatic ring is 1. The highest BCUT2D eigenvalue weighted by atomic mass is 32.2. The van der Waals surface area contributed by atoms with Crippen molar-refractivity contribution in [2.24, 2.45) is 0 Å². The fraction of sp³-hybridized carbons (Fsp3) is 0.125. The lowest BCUT2D eigenvalue weighted by Gasteiger charge is -2.07. The molecule has 12 heavy (non-hydrogen) atoms. The molecule has 0 bridgehead atoms. The maximum absolute atomic E-state index is 11.2. The standard InChI is InChI=1S/C8H12N2OS/c1-12(2,11)10-8-5-3-4-7(9)6-8/h3-6H,1,9H2,2H3,(H,10,11). The highest BCUT2D eigenvalue weighted by Gasteiger charge is 1.95. The average molecular weight is 184 g/mol. The second kappa shape index (κ2) is 3.06. The van der Waals surface area contributed by atoms with Crippen molar-refractivity contribution in [1.82, 2.24) is 0 Å². The van der Waals surface area contributed by atoms with E-state index in [-0.39, 0.29) is 0 Å². The Hall–Kier alpha value is -1.16. The van der Waals surface area contributed by atoms with Crippen LogP contribution in [0, 0.1) is 0 Å². The third-order valence-corrected chi connectivity index (χ3v) is 1.89. The molecule has 0 amide bonds. The van der Waals surface area contributed by atoms with Gasteiger partial charge in [0.2, 0.25) is 0 Å². The smallest absolute Gasteiger partial charge is 0.0477 e. The molecule has 3 nitrogen and oxygen atoms in total. The first kappa shape index (κ1) is 8.93. The summed E-state index contributed by atoms with van der Waals surface area (Å²) in [6.07, 6.45) is 1.54.